The number of aryl methyl sites for hydroxylation is 1. The van der Waals surface area contributed by atoms with Gasteiger partial charge in [0.15, 0.2) is 0 Å². The summed E-state index contributed by atoms with van der Waals surface area (Å²) in [5.74, 6) is 0. The van der Waals surface area contributed by atoms with Crippen LogP contribution in [0.1, 0.15) is 83.2 Å². The van der Waals surface area contributed by atoms with Crippen molar-refractivity contribution in [1.29, 1.82) is 0 Å². The molecule has 398 valence electrons. The molecule has 0 fully saturated rings. The van der Waals surface area contributed by atoms with Gasteiger partial charge in [-0.2, -0.15) is 0 Å². The van der Waals surface area contributed by atoms with Gasteiger partial charge in [-0.15, -0.1) is 0 Å². The monoisotopic (exact) mass is 1060 g/mol. The highest BCUT2D eigenvalue weighted by Gasteiger charge is 2.45. The number of hydrogen-bond acceptors (Lipinski definition) is 3. The Hall–Kier alpha value is -9.12. The van der Waals surface area contributed by atoms with Crippen LogP contribution in [-0.2, 0) is 16.2 Å². The van der Waals surface area contributed by atoms with Crippen LogP contribution < -0.4 is 31.1 Å². The molecule has 2 heterocycles. The van der Waals surface area contributed by atoms with Crippen LogP contribution in [0, 0.1) is 6.92 Å². The van der Waals surface area contributed by atoms with Gasteiger partial charge in [0.05, 0.1) is 5.69 Å². The van der Waals surface area contributed by atoms with Crippen molar-refractivity contribution in [1.82, 2.24) is 0 Å². The maximum Gasteiger partial charge on any atom is 0.252 e. The Labute approximate surface area is 485 Å². The molecule has 0 amide bonds. The number of nitrogens with zero attached hydrogens (tertiary/aromatic N) is 3. The summed E-state index contributed by atoms with van der Waals surface area (Å²) in [5, 5.41) is 0. The molecule has 0 radical (unpaired) electrons. The lowest BCUT2D eigenvalue weighted by Gasteiger charge is -2.45. The van der Waals surface area contributed by atoms with Gasteiger partial charge in [-0.1, -0.05) is 225 Å². The smallest absolute Gasteiger partial charge is 0.252 e. The van der Waals surface area contributed by atoms with Crippen LogP contribution >= 0.6 is 0 Å². The number of benzene rings is 11. The molecule has 11 aromatic rings. The van der Waals surface area contributed by atoms with E-state index in [9.17, 15) is 0 Å². The van der Waals surface area contributed by atoms with Crippen molar-refractivity contribution in [3.63, 3.8) is 0 Å². The zero-order valence-corrected chi connectivity index (χ0v) is 48.6. The van der Waals surface area contributed by atoms with Crippen LogP contribution in [0.4, 0.5) is 51.2 Å². The van der Waals surface area contributed by atoms with Crippen LogP contribution in [0.3, 0.4) is 0 Å². The molecule has 0 unspecified atom stereocenters. The molecular weight excluding hydrogens is 990 g/mol. The highest BCUT2D eigenvalue weighted by atomic mass is 15.2. The summed E-state index contributed by atoms with van der Waals surface area (Å²) < 4.78 is 0. The first-order chi connectivity index (χ1) is 39.6. The van der Waals surface area contributed by atoms with Crippen LogP contribution in [0.5, 0.6) is 0 Å². The van der Waals surface area contributed by atoms with Gasteiger partial charge in [0, 0.05) is 56.5 Å². The molecular formula is C78H68BN3. The SMILES string of the molecule is Cc1cc2c3c(c1)N(c1ccc(C(C)(C)C)cc1-c1ccccc1)c1cc(C(C)(C)C)ccc1B3c1ccc(N(c3ccc(-c4ccccc4)cc3)c3ccc(-c4ccccc4)cc3)cc1N2c1ccc2c(c1)C(C)(C)c1ccccc1-2. The second-order valence-electron chi connectivity index (χ2n) is 25.5. The fourth-order valence-electron chi connectivity index (χ4n) is 13.5. The third-order valence-electron chi connectivity index (χ3n) is 17.8. The van der Waals surface area contributed by atoms with Crippen molar-refractivity contribution in [2.45, 2.75) is 78.6 Å². The molecule has 0 saturated carbocycles. The number of anilines is 9. The molecule has 2 aliphatic heterocycles. The molecule has 0 aromatic heterocycles. The third-order valence-corrected chi connectivity index (χ3v) is 17.8. The third kappa shape index (κ3) is 8.49. The molecule has 3 nitrogen and oxygen atoms in total. The van der Waals surface area contributed by atoms with Crippen LogP contribution in [-0.4, -0.2) is 6.71 Å². The number of fused-ring (bicyclic) bond motifs is 7. The molecule has 82 heavy (non-hydrogen) atoms. The van der Waals surface area contributed by atoms with Gasteiger partial charge in [-0.3, -0.25) is 0 Å². The van der Waals surface area contributed by atoms with E-state index >= 15 is 0 Å². The van der Waals surface area contributed by atoms with E-state index in [4.69, 9.17) is 0 Å². The van der Waals surface area contributed by atoms with Crippen molar-refractivity contribution >= 4 is 74.3 Å². The fraction of sp³-hybridized carbons (Fsp3) is 0.154. The molecule has 1 aliphatic carbocycles. The first-order valence-corrected chi connectivity index (χ1v) is 29.2. The molecule has 0 bridgehead atoms. The Bertz CT molecular complexity index is 4180. The Kier molecular flexibility index (Phi) is 12.0. The highest BCUT2D eigenvalue weighted by Crippen LogP contribution is 2.53. The number of rotatable bonds is 8. The van der Waals surface area contributed by atoms with Crippen molar-refractivity contribution in [3.8, 4) is 44.5 Å². The van der Waals surface area contributed by atoms with Gasteiger partial charge in [-0.25, -0.2) is 0 Å². The average molecular weight is 1060 g/mol. The predicted octanol–water partition coefficient (Wildman–Crippen LogP) is 19.4. The lowest BCUT2D eigenvalue weighted by Crippen LogP contribution is -2.61. The quantitative estimate of drug-likeness (QED) is 0.140. The maximum absolute atomic E-state index is 2.63. The summed E-state index contributed by atoms with van der Waals surface area (Å²) in [4.78, 5) is 7.69. The minimum Gasteiger partial charge on any atom is -0.311 e. The average Bonchev–Trinajstić information content (AvgIpc) is 3.41. The van der Waals surface area contributed by atoms with Gasteiger partial charge >= 0.3 is 0 Å². The topological polar surface area (TPSA) is 9.72 Å². The lowest BCUT2D eigenvalue weighted by atomic mass is 9.33. The van der Waals surface area contributed by atoms with Crippen LogP contribution in [0.25, 0.3) is 44.5 Å². The van der Waals surface area contributed by atoms with Gasteiger partial charge in [0.2, 0.25) is 0 Å². The van der Waals surface area contributed by atoms with Gasteiger partial charge in [0.25, 0.3) is 6.71 Å². The van der Waals surface area contributed by atoms with E-state index < -0.39 is 0 Å². The molecule has 14 rings (SSSR count). The normalized spacial score (nSPS) is 13.7. The van der Waals surface area contributed by atoms with Crippen molar-refractivity contribution in [3.05, 3.63) is 277 Å². The van der Waals surface area contributed by atoms with E-state index in [1.54, 1.807) is 0 Å². The van der Waals surface area contributed by atoms with E-state index in [0.29, 0.717) is 0 Å². The maximum atomic E-state index is 2.63. The minimum atomic E-state index is -0.195. The summed E-state index contributed by atoms with van der Waals surface area (Å²) in [5.41, 5.74) is 30.3. The van der Waals surface area contributed by atoms with Gasteiger partial charge in [-0.05, 0) is 180 Å². The summed E-state index contributed by atoms with van der Waals surface area (Å²) in [6.45, 7) is 21.0. The van der Waals surface area contributed by atoms with E-state index in [1.165, 1.54) is 117 Å². The molecule has 3 aliphatic rings. The molecule has 0 atom stereocenters. The zero-order chi connectivity index (χ0) is 56.2. The molecule has 0 saturated heterocycles. The minimum absolute atomic E-state index is 0.0451. The van der Waals surface area contributed by atoms with Crippen LogP contribution in [0.2, 0.25) is 0 Å². The Balaban J connectivity index is 1.03. The summed E-state index contributed by atoms with van der Waals surface area (Å²) in [6, 6.07) is 93.7. The van der Waals surface area contributed by atoms with Crippen molar-refractivity contribution < 1.29 is 0 Å². The summed E-state index contributed by atoms with van der Waals surface area (Å²) >= 11 is 0. The second kappa shape index (κ2) is 19.3. The van der Waals surface area contributed by atoms with Gasteiger partial charge < -0.3 is 14.7 Å². The first kappa shape index (κ1) is 51.1. The van der Waals surface area contributed by atoms with Gasteiger partial charge in [0.1, 0.15) is 0 Å². The first-order valence-electron chi connectivity index (χ1n) is 29.2. The Morgan fingerprint density at radius 1 is 0.354 bits per heavy atom. The zero-order valence-electron chi connectivity index (χ0n) is 48.6. The summed E-state index contributed by atoms with van der Waals surface area (Å²) in [7, 11) is 0. The Morgan fingerprint density at radius 3 is 1.43 bits per heavy atom. The lowest BCUT2D eigenvalue weighted by molar-refractivity contribution is 0.590. The van der Waals surface area contributed by atoms with E-state index in [-0.39, 0.29) is 23.0 Å². The standard InChI is InChI=1S/C78H68BN3/c1-51-45-73-75-74(46-51)82(70-44-34-57(76(2,3)4)47-65(70)56-25-17-12-18-26-56)71-48-58(77(5,6)7)33-42-68(71)79(75)69-43-40-62(50-72(69)81(73)61-39-41-64-63-27-19-20-28-66(63)78(8,9)67(64)49-61)80(59-35-29-54(30-36-59)52-21-13-10-14-22-52)60-37-31-55(32-38-60)53-23-15-11-16-24-53/h10-50H,1-9H3. The fourth-order valence-corrected chi connectivity index (χ4v) is 13.5. The largest absolute Gasteiger partial charge is 0.311 e. The van der Waals surface area contributed by atoms with E-state index in [2.05, 4.69) is 326 Å². The molecule has 0 spiro atoms. The number of hydrogen-bond donors (Lipinski definition) is 0. The molecule has 0 N–H and O–H groups in total. The highest BCUT2D eigenvalue weighted by molar-refractivity contribution is 7.00. The van der Waals surface area contributed by atoms with Crippen LogP contribution in [0.15, 0.2) is 249 Å². The Morgan fingerprint density at radius 2 is 0.829 bits per heavy atom. The van der Waals surface area contributed by atoms with E-state index in [1.807, 2.05) is 0 Å². The summed E-state index contributed by atoms with van der Waals surface area (Å²) in [6.07, 6.45) is 0. The molecule has 11 aromatic carbocycles. The predicted molar refractivity (Wildman–Crippen MR) is 351 cm³/mol. The molecule has 4 heteroatoms. The van der Waals surface area contributed by atoms with E-state index in [0.717, 1.165) is 22.7 Å². The second-order valence-corrected chi connectivity index (χ2v) is 25.5. The van der Waals surface area contributed by atoms with Crippen molar-refractivity contribution in [2.75, 3.05) is 14.7 Å². The van der Waals surface area contributed by atoms with Crippen molar-refractivity contribution in [2.24, 2.45) is 0 Å².